The number of likely N-dealkylation sites (tertiary alicyclic amines) is 1. The Morgan fingerprint density at radius 2 is 1.83 bits per heavy atom. The zero-order valence-corrected chi connectivity index (χ0v) is 14.2. The predicted molar refractivity (Wildman–Crippen MR) is 92.5 cm³/mol. The molecule has 1 amide bonds. The lowest BCUT2D eigenvalue weighted by Crippen LogP contribution is -2.49. The summed E-state index contributed by atoms with van der Waals surface area (Å²) in [4.78, 5) is 25.7. The topological polar surface area (TPSA) is 57.6 Å². The molecule has 3 atom stereocenters. The van der Waals surface area contributed by atoms with Gasteiger partial charge >= 0.3 is 5.97 Å². The van der Waals surface area contributed by atoms with Crippen LogP contribution < -0.4 is 0 Å². The lowest BCUT2D eigenvalue weighted by atomic mass is 9.72. The number of amides is 1. The van der Waals surface area contributed by atoms with Crippen LogP contribution in [0.1, 0.15) is 44.1 Å². The first-order chi connectivity index (χ1) is 11.6. The highest BCUT2D eigenvalue weighted by Crippen LogP contribution is 2.37. The number of hydrogen-bond donors (Lipinski definition) is 1. The molecule has 1 heterocycles. The number of nitrogens with zero attached hydrogens (tertiary/aromatic N) is 1. The molecule has 3 unspecified atom stereocenters. The van der Waals surface area contributed by atoms with Gasteiger partial charge in [0.05, 0.1) is 11.8 Å². The summed E-state index contributed by atoms with van der Waals surface area (Å²) >= 11 is 0. The fourth-order valence-electron chi connectivity index (χ4n) is 4.07. The van der Waals surface area contributed by atoms with Crippen LogP contribution >= 0.6 is 0 Å². The molecule has 2 aliphatic rings. The highest BCUT2D eigenvalue weighted by atomic mass is 16.4. The Morgan fingerprint density at radius 3 is 2.50 bits per heavy atom. The molecule has 2 fully saturated rings. The number of benzene rings is 1. The predicted octanol–water partition coefficient (Wildman–Crippen LogP) is 3.36. The first-order valence-corrected chi connectivity index (χ1v) is 9.20. The third kappa shape index (κ3) is 3.97. The number of carboxylic acid groups (broad SMARTS) is 1. The van der Waals surface area contributed by atoms with E-state index in [1.165, 1.54) is 12.0 Å². The second-order valence-corrected chi connectivity index (χ2v) is 7.30. The summed E-state index contributed by atoms with van der Waals surface area (Å²) in [7, 11) is 0. The van der Waals surface area contributed by atoms with Gasteiger partial charge in [0.1, 0.15) is 0 Å². The van der Waals surface area contributed by atoms with Crippen molar-refractivity contribution >= 4 is 11.9 Å². The van der Waals surface area contributed by atoms with Gasteiger partial charge in [0.2, 0.25) is 5.91 Å². The molecule has 1 aliphatic heterocycles. The molecule has 1 saturated carbocycles. The van der Waals surface area contributed by atoms with Crippen molar-refractivity contribution in [2.24, 2.45) is 17.8 Å². The van der Waals surface area contributed by atoms with Gasteiger partial charge in [-0.15, -0.1) is 0 Å². The highest BCUT2D eigenvalue weighted by Gasteiger charge is 2.43. The second kappa shape index (κ2) is 7.82. The molecule has 4 nitrogen and oxygen atoms in total. The van der Waals surface area contributed by atoms with Crippen LogP contribution in [-0.2, 0) is 16.0 Å². The average Bonchev–Trinajstić information content (AvgIpc) is 2.54. The number of hydrogen-bond acceptors (Lipinski definition) is 2. The van der Waals surface area contributed by atoms with Gasteiger partial charge in [-0.3, -0.25) is 9.59 Å². The molecule has 0 bridgehead atoms. The fourth-order valence-corrected chi connectivity index (χ4v) is 4.07. The van der Waals surface area contributed by atoms with Crippen LogP contribution in [0.4, 0.5) is 0 Å². The maximum absolute atomic E-state index is 12.6. The molecule has 1 N–H and O–H groups in total. The van der Waals surface area contributed by atoms with Crippen molar-refractivity contribution in [3.05, 3.63) is 35.9 Å². The maximum atomic E-state index is 12.6. The minimum Gasteiger partial charge on any atom is -0.481 e. The van der Waals surface area contributed by atoms with Gasteiger partial charge in [0.25, 0.3) is 0 Å². The Bertz CT molecular complexity index is 572. The van der Waals surface area contributed by atoms with E-state index in [-0.39, 0.29) is 11.8 Å². The number of piperidine rings is 1. The van der Waals surface area contributed by atoms with E-state index in [0.29, 0.717) is 12.3 Å². The molecule has 0 aromatic heterocycles. The highest BCUT2D eigenvalue weighted by molar-refractivity contribution is 5.86. The number of carboxylic acids is 1. The summed E-state index contributed by atoms with van der Waals surface area (Å²) in [5.74, 6) is -0.881. The van der Waals surface area contributed by atoms with Crippen LogP contribution in [0.5, 0.6) is 0 Å². The second-order valence-electron chi connectivity index (χ2n) is 7.30. The lowest BCUT2D eigenvalue weighted by Gasteiger charge is -2.40. The molecule has 0 radical (unpaired) electrons. The Kier molecular flexibility index (Phi) is 5.54. The zero-order valence-electron chi connectivity index (χ0n) is 14.2. The lowest BCUT2D eigenvalue weighted by molar-refractivity contribution is -0.157. The van der Waals surface area contributed by atoms with Gasteiger partial charge in [-0.05, 0) is 56.4 Å². The van der Waals surface area contributed by atoms with Gasteiger partial charge < -0.3 is 10.0 Å². The monoisotopic (exact) mass is 329 g/mol. The van der Waals surface area contributed by atoms with Crippen molar-refractivity contribution in [3.8, 4) is 0 Å². The standard InChI is InChI=1S/C20H27NO3/c22-19(17-11-12-18(17)20(23)24)21-13-5-10-16(14-21)9-4-8-15-6-2-1-3-7-15/h1-3,6-7,16-18H,4-5,8-14H2,(H,23,24). The summed E-state index contributed by atoms with van der Waals surface area (Å²) in [6, 6.07) is 10.5. The first-order valence-electron chi connectivity index (χ1n) is 9.20. The van der Waals surface area contributed by atoms with E-state index in [0.717, 1.165) is 45.2 Å². The fraction of sp³-hybridized carbons (Fsp3) is 0.600. The van der Waals surface area contributed by atoms with E-state index in [1.807, 2.05) is 11.0 Å². The Labute approximate surface area is 143 Å². The minimum absolute atomic E-state index is 0.0846. The molecule has 3 rings (SSSR count). The third-order valence-electron chi connectivity index (χ3n) is 5.66. The number of rotatable bonds is 6. The van der Waals surface area contributed by atoms with Gasteiger partial charge in [0, 0.05) is 13.1 Å². The number of carbonyl (C=O) groups excluding carboxylic acids is 1. The van der Waals surface area contributed by atoms with E-state index in [9.17, 15) is 9.59 Å². The van der Waals surface area contributed by atoms with Crippen molar-refractivity contribution in [1.29, 1.82) is 0 Å². The smallest absolute Gasteiger partial charge is 0.307 e. The summed E-state index contributed by atoms with van der Waals surface area (Å²) < 4.78 is 0. The summed E-state index contributed by atoms with van der Waals surface area (Å²) in [5.41, 5.74) is 1.38. The van der Waals surface area contributed by atoms with Crippen LogP contribution in [-0.4, -0.2) is 35.0 Å². The maximum Gasteiger partial charge on any atom is 0.307 e. The Morgan fingerprint density at radius 1 is 1.08 bits per heavy atom. The largest absolute Gasteiger partial charge is 0.481 e. The Hall–Kier alpha value is -1.84. The van der Waals surface area contributed by atoms with E-state index in [2.05, 4.69) is 24.3 Å². The van der Waals surface area contributed by atoms with Crippen molar-refractivity contribution in [2.75, 3.05) is 13.1 Å². The normalized spacial score (nSPS) is 26.7. The van der Waals surface area contributed by atoms with E-state index < -0.39 is 11.9 Å². The number of aliphatic carboxylic acids is 1. The number of aryl methyl sites for hydroxylation is 1. The third-order valence-corrected chi connectivity index (χ3v) is 5.66. The van der Waals surface area contributed by atoms with E-state index in [1.54, 1.807) is 0 Å². The molecule has 1 aromatic carbocycles. The van der Waals surface area contributed by atoms with Gasteiger partial charge in [-0.2, -0.15) is 0 Å². The van der Waals surface area contributed by atoms with Gasteiger partial charge in [-0.1, -0.05) is 30.3 Å². The quantitative estimate of drug-likeness (QED) is 0.870. The molecule has 4 heteroatoms. The van der Waals surface area contributed by atoms with Crippen LogP contribution in [0.25, 0.3) is 0 Å². The molecule has 0 spiro atoms. The van der Waals surface area contributed by atoms with Gasteiger partial charge in [-0.25, -0.2) is 0 Å². The summed E-state index contributed by atoms with van der Waals surface area (Å²) in [6.07, 6.45) is 7.02. The van der Waals surface area contributed by atoms with Crippen LogP contribution in [0.2, 0.25) is 0 Å². The van der Waals surface area contributed by atoms with Gasteiger partial charge in [0.15, 0.2) is 0 Å². The van der Waals surface area contributed by atoms with Crippen LogP contribution in [0.15, 0.2) is 30.3 Å². The molecular weight excluding hydrogens is 302 g/mol. The number of carbonyl (C=O) groups is 2. The summed E-state index contributed by atoms with van der Waals surface area (Å²) in [6.45, 7) is 1.62. The molecule has 1 aliphatic carbocycles. The summed E-state index contributed by atoms with van der Waals surface area (Å²) in [5, 5.41) is 9.16. The van der Waals surface area contributed by atoms with E-state index >= 15 is 0 Å². The van der Waals surface area contributed by atoms with Crippen molar-refractivity contribution < 1.29 is 14.7 Å². The molecule has 130 valence electrons. The van der Waals surface area contributed by atoms with Crippen LogP contribution in [0, 0.1) is 17.8 Å². The first kappa shape index (κ1) is 17.0. The van der Waals surface area contributed by atoms with Crippen molar-refractivity contribution in [1.82, 2.24) is 4.90 Å². The molecule has 24 heavy (non-hydrogen) atoms. The minimum atomic E-state index is -0.809. The van der Waals surface area contributed by atoms with Crippen LogP contribution in [0.3, 0.4) is 0 Å². The van der Waals surface area contributed by atoms with Crippen molar-refractivity contribution in [3.63, 3.8) is 0 Å². The molecular formula is C20H27NO3. The molecule has 1 aromatic rings. The SMILES string of the molecule is O=C(O)C1CCC1C(=O)N1CCCC(CCCc2ccccc2)C1. The average molecular weight is 329 g/mol. The van der Waals surface area contributed by atoms with E-state index in [4.69, 9.17) is 5.11 Å². The van der Waals surface area contributed by atoms with Crippen molar-refractivity contribution in [2.45, 2.75) is 44.9 Å². The zero-order chi connectivity index (χ0) is 16.9. The molecule has 1 saturated heterocycles. The Balaban J connectivity index is 1.46.